The molecule has 4 atom stereocenters. The van der Waals surface area contributed by atoms with Crippen molar-refractivity contribution >= 4 is 29.1 Å². The lowest BCUT2D eigenvalue weighted by Crippen LogP contribution is -2.41. The number of hydrogen-bond acceptors (Lipinski definition) is 5. The number of fused-ring (bicyclic) bond motifs is 1. The quantitative estimate of drug-likeness (QED) is 0.449. The largest absolute Gasteiger partial charge is 0.363 e. The number of aromatic nitrogens is 1. The fourth-order valence-electron chi connectivity index (χ4n) is 5.48. The van der Waals surface area contributed by atoms with Crippen molar-refractivity contribution < 1.29 is 18.7 Å². The predicted octanol–water partition coefficient (Wildman–Crippen LogP) is 6.94. The van der Waals surface area contributed by atoms with Crippen LogP contribution in [0.2, 0.25) is 0 Å². The molecule has 2 aliphatic heterocycles. The van der Waals surface area contributed by atoms with E-state index in [9.17, 15) is 9.59 Å². The van der Waals surface area contributed by atoms with E-state index < -0.39 is 22.9 Å². The molecule has 0 aliphatic carbocycles. The standard InChI is InChI=1S/C28H43FN2O3S/c1-7-13-28-17-23(22(29)16-21-18-35-20(3)30-21)31-25(33)12-15-26(4,5)24(32)11-10-19(2)9-8-14-27(28,6)34-28/h16,18-19,23H,7-15,17H2,1-6H3,(H,31,33). The minimum Gasteiger partial charge on any atom is -0.363 e. The van der Waals surface area contributed by atoms with E-state index in [4.69, 9.17) is 4.74 Å². The molecule has 0 radical (unpaired) electrons. The summed E-state index contributed by atoms with van der Waals surface area (Å²) in [6, 6.07) is -0.788. The Morgan fingerprint density at radius 1 is 1.26 bits per heavy atom. The fraction of sp³-hybridized carbons (Fsp3) is 0.750. The van der Waals surface area contributed by atoms with Gasteiger partial charge in [-0.05, 0) is 51.5 Å². The van der Waals surface area contributed by atoms with Crippen LogP contribution < -0.4 is 5.32 Å². The topological polar surface area (TPSA) is 71.6 Å². The molecule has 3 heterocycles. The lowest BCUT2D eigenvalue weighted by molar-refractivity contribution is -0.128. The number of aryl methyl sites for hydroxylation is 1. The number of Topliss-reactive ketones (excluding diaryl/α,β-unsaturated/α-hetero) is 1. The Morgan fingerprint density at radius 3 is 2.66 bits per heavy atom. The number of hydrogen-bond donors (Lipinski definition) is 1. The Hall–Kier alpha value is -1.60. The Balaban J connectivity index is 1.87. The summed E-state index contributed by atoms with van der Waals surface area (Å²) in [4.78, 5) is 30.2. The zero-order chi connectivity index (χ0) is 25.9. The Kier molecular flexibility index (Phi) is 8.96. The molecule has 196 valence electrons. The van der Waals surface area contributed by atoms with Crippen molar-refractivity contribution in [1.82, 2.24) is 10.3 Å². The van der Waals surface area contributed by atoms with Gasteiger partial charge in [-0.2, -0.15) is 0 Å². The summed E-state index contributed by atoms with van der Waals surface area (Å²) in [5, 5.41) is 5.63. The summed E-state index contributed by atoms with van der Waals surface area (Å²) in [7, 11) is 0. The highest BCUT2D eigenvalue weighted by molar-refractivity contribution is 7.09. The zero-order valence-corrected chi connectivity index (χ0v) is 23.2. The molecule has 1 aromatic rings. The van der Waals surface area contributed by atoms with E-state index in [1.807, 2.05) is 26.2 Å². The molecule has 1 amide bonds. The molecule has 0 bridgehead atoms. The number of amides is 1. The van der Waals surface area contributed by atoms with Gasteiger partial charge in [-0.25, -0.2) is 9.37 Å². The summed E-state index contributed by atoms with van der Waals surface area (Å²) < 4.78 is 22.0. The van der Waals surface area contributed by atoms with Gasteiger partial charge < -0.3 is 10.1 Å². The van der Waals surface area contributed by atoms with Gasteiger partial charge >= 0.3 is 0 Å². The van der Waals surface area contributed by atoms with Crippen LogP contribution in [0.25, 0.3) is 6.08 Å². The molecule has 1 aromatic heterocycles. The summed E-state index contributed by atoms with van der Waals surface area (Å²) in [5.74, 6) is 0.0270. The van der Waals surface area contributed by atoms with Crippen molar-refractivity contribution in [3.8, 4) is 0 Å². The van der Waals surface area contributed by atoms with Crippen LogP contribution in [0.4, 0.5) is 4.39 Å². The van der Waals surface area contributed by atoms with E-state index in [-0.39, 0.29) is 23.7 Å². The minimum atomic E-state index is -0.788. The number of halogens is 1. The van der Waals surface area contributed by atoms with Gasteiger partial charge in [0.25, 0.3) is 0 Å². The lowest BCUT2D eigenvalue weighted by Gasteiger charge is -2.27. The molecule has 1 N–H and O–H groups in total. The summed E-state index contributed by atoms with van der Waals surface area (Å²) >= 11 is 1.47. The molecule has 0 spiro atoms. The first kappa shape index (κ1) is 28.0. The smallest absolute Gasteiger partial charge is 0.220 e. The number of rotatable bonds is 4. The minimum absolute atomic E-state index is 0.187. The highest BCUT2D eigenvalue weighted by Crippen LogP contribution is 2.57. The molecule has 2 fully saturated rings. The van der Waals surface area contributed by atoms with Crippen LogP contribution in [0.3, 0.4) is 0 Å². The maximum absolute atomic E-state index is 15.6. The molecule has 0 saturated carbocycles. The van der Waals surface area contributed by atoms with E-state index in [0.717, 1.165) is 43.5 Å². The first-order valence-corrected chi connectivity index (χ1v) is 14.1. The third-order valence-electron chi connectivity index (χ3n) is 8.07. The van der Waals surface area contributed by atoms with Crippen molar-refractivity contribution in [3.63, 3.8) is 0 Å². The third kappa shape index (κ3) is 7.00. The van der Waals surface area contributed by atoms with Crippen LogP contribution >= 0.6 is 11.3 Å². The van der Waals surface area contributed by atoms with Crippen LogP contribution in [-0.2, 0) is 14.3 Å². The molecule has 5 nitrogen and oxygen atoms in total. The van der Waals surface area contributed by atoms with Crippen molar-refractivity contribution in [2.75, 3.05) is 0 Å². The molecule has 3 rings (SSSR count). The van der Waals surface area contributed by atoms with Gasteiger partial charge in [0, 0.05) is 30.1 Å². The van der Waals surface area contributed by atoms with Gasteiger partial charge in [0.2, 0.25) is 5.91 Å². The maximum atomic E-state index is 15.6. The number of ether oxygens (including phenoxy) is 1. The van der Waals surface area contributed by atoms with E-state index in [1.54, 1.807) is 0 Å². The average Bonchev–Trinajstić information content (AvgIpc) is 3.11. The van der Waals surface area contributed by atoms with Crippen molar-refractivity contribution in [2.24, 2.45) is 11.3 Å². The number of ketones is 1. The third-order valence-corrected chi connectivity index (χ3v) is 8.86. The van der Waals surface area contributed by atoms with E-state index in [0.29, 0.717) is 30.9 Å². The monoisotopic (exact) mass is 506 g/mol. The zero-order valence-electron chi connectivity index (χ0n) is 22.3. The maximum Gasteiger partial charge on any atom is 0.220 e. The number of nitrogens with one attached hydrogen (secondary N) is 1. The molecule has 7 heteroatoms. The van der Waals surface area contributed by atoms with Crippen LogP contribution in [0.1, 0.15) is 110 Å². The molecule has 4 unspecified atom stereocenters. The summed E-state index contributed by atoms with van der Waals surface area (Å²) in [5.41, 5.74) is -0.773. The second kappa shape index (κ2) is 11.2. The van der Waals surface area contributed by atoms with Crippen molar-refractivity contribution in [2.45, 2.75) is 123 Å². The van der Waals surface area contributed by atoms with Crippen LogP contribution in [0.5, 0.6) is 0 Å². The summed E-state index contributed by atoms with van der Waals surface area (Å²) in [6.45, 7) is 12.2. The van der Waals surface area contributed by atoms with Gasteiger partial charge in [-0.3, -0.25) is 9.59 Å². The SMILES string of the molecule is CCCC12CC(C(F)=Cc3csc(C)n3)NC(=O)CCC(C)(C)C(=O)CCC(C)CCCC1(C)O2. The van der Waals surface area contributed by atoms with Gasteiger partial charge in [-0.1, -0.05) is 47.0 Å². The highest BCUT2D eigenvalue weighted by Gasteiger charge is 2.65. The normalized spacial score (nSPS) is 33.2. The van der Waals surface area contributed by atoms with E-state index in [2.05, 4.69) is 31.1 Å². The predicted molar refractivity (Wildman–Crippen MR) is 140 cm³/mol. The van der Waals surface area contributed by atoms with Crippen molar-refractivity contribution in [3.05, 3.63) is 21.9 Å². The number of epoxide rings is 1. The molecule has 2 saturated heterocycles. The molecule has 0 aromatic carbocycles. The first-order valence-electron chi connectivity index (χ1n) is 13.2. The first-order chi connectivity index (χ1) is 16.4. The average molecular weight is 507 g/mol. The molecular weight excluding hydrogens is 463 g/mol. The van der Waals surface area contributed by atoms with Crippen LogP contribution in [-0.4, -0.2) is 33.9 Å². The van der Waals surface area contributed by atoms with Gasteiger partial charge in [0.15, 0.2) is 0 Å². The fourth-order valence-corrected chi connectivity index (χ4v) is 6.05. The van der Waals surface area contributed by atoms with Gasteiger partial charge in [0.1, 0.15) is 17.2 Å². The van der Waals surface area contributed by atoms with E-state index >= 15 is 4.39 Å². The molecule has 35 heavy (non-hydrogen) atoms. The second-order valence-corrected chi connectivity index (χ2v) is 12.6. The second-order valence-electron chi connectivity index (χ2n) is 11.6. The Bertz CT molecular complexity index is 942. The molecular formula is C28H43FN2O3S. The Labute approximate surface area is 214 Å². The van der Waals surface area contributed by atoms with Crippen molar-refractivity contribution in [1.29, 1.82) is 0 Å². The number of thiazole rings is 1. The summed E-state index contributed by atoms with van der Waals surface area (Å²) in [6.07, 6.45) is 8.59. The van der Waals surface area contributed by atoms with Gasteiger partial charge in [0.05, 0.1) is 22.3 Å². The number of carbonyl (C=O) groups excluding carboxylic acids is 2. The van der Waals surface area contributed by atoms with Gasteiger partial charge in [-0.15, -0.1) is 11.3 Å². The Morgan fingerprint density at radius 2 is 2.00 bits per heavy atom. The highest BCUT2D eigenvalue weighted by atomic mass is 32.1. The number of carbonyl (C=O) groups is 2. The molecule has 2 aliphatic rings. The van der Waals surface area contributed by atoms with Crippen LogP contribution in [0.15, 0.2) is 11.2 Å². The van der Waals surface area contributed by atoms with Crippen LogP contribution in [0, 0.1) is 18.3 Å². The van der Waals surface area contributed by atoms with E-state index in [1.165, 1.54) is 17.4 Å². The lowest BCUT2D eigenvalue weighted by atomic mass is 9.79. The number of nitrogens with zero attached hydrogens (tertiary/aromatic N) is 1.